The molecule has 3 nitrogen and oxygen atoms in total. The van der Waals surface area contributed by atoms with Crippen LogP contribution in [0.5, 0.6) is 0 Å². The second kappa shape index (κ2) is 2.48. The first-order valence-corrected chi connectivity index (χ1v) is 4.23. The van der Waals surface area contributed by atoms with Gasteiger partial charge in [0.05, 0.1) is 5.56 Å². The van der Waals surface area contributed by atoms with Crippen LogP contribution in [0.15, 0.2) is 16.6 Å². The number of nitrogens with two attached hydrogens (primary N) is 1. The van der Waals surface area contributed by atoms with Crippen LogP contribution in [0.25, 0.3) is 0 Å². The number of ether oxygens (including phenoxy) is 1. The summed E-state index contributed by atoms with van der Waals surface area (Å²) in [4.78, 5) is 11.0. The van der Waals surface area contributed by atoms with Crippen molar-refractivity contribution in [1.82, 2.24) is 0 Å². The Morgan fingerprint density at radius 1 is 1.50 bits per heavy atom. The van der Waals surface area contributed by atoms with Crippen molar-refractivity contribution in [2.75, 3.05) is 5.73 Å². The third-order valence-corrected chi connectivity index (χ3v) is 2.49. The number of fused-ring (bicyclic) bond motifs is 1. The molecule has 0 fully saturated rings. The van der Waals surface area contributed by atoms with Gasteiger partial charge in [-0.15, -0.1) is 0 Å². The van der Waals surface area contributed by atoms with E-state index in [1.54, 1.807) is 6.07 Å². The molecule has 1 aromatic carbocycles. The lowest BCUT2D eigenvalue weighted by Gasteiger charge is -1.99. The molecule has 2 N–H and O–H groups in total. The number of nitrogen functional groups attached to an aromatic ring is 1. The Hall–Kier alpha value is -1.03. The van der Waals surface area contributed by atoms with Crippen LogP contribution in [0.1, 0.15) is 15.9 Å². The first-order valence-electron chi connectivity index (χ1n) is 3.43. The second-order valence-electron chi connectivity index (χ2n) is 2.61. The van der Waals surface area contributed by atoms with E-state index in [-0.39, 0.29) is 5.97 Å². The first kappa shape index (κ1) is 7.61. The molecule has 0 atom stereocenters. The summed E-state index contributed by atoms with van der Waals surface area (Å²) in [5, 5.41) is 0. The lowest BCUT2D eigenvalue weighted by Crippen LogP contribution is -1.96. The van der Waals surface area contributed by atoms with Crippen LogP contribution in [0.3, 0.4) is 0 Å². The van der Waals surface area contributed by atoms with Crippen LogP contribution in [0.4, 0.5) is 5.69 Å². The Bertz CT molecular complexity index is 362. The first-order chi connectivity index (χ1) is 5.68. The molecule has 0 amide bonds. The van der Waals surface area contributed by atoms with Gasteiger partial charge in [0.25, 0.3) is 0 Å². The average Bonchev–Trinajstić information content (AvgIpc) is 2.35. The van der Waals surface area contributed by atoms with Gasteiger partial charge in [0.15, 0.2) is 0 Å². The SMILES string of the molecule is Nc1cc2c(cc1Br)COC2=O. The van der Waals surface area contributed by atoms with Crippen LogP contribution in [-0.4, -0.2) is 5.97 Å². The van der Waals surface area contributed by atoms with Gasteiger partial charge in [0.2, 0.25) is 0 Å². The summed E-state index contributed by atoms with van der Waals surface area (Å²) in [5.74, 6) is -0.288. The normalized spacial score (nSPS) is 14.2. The van der Waals surface area contributed by atoms with E-state index < -0.39 is 0 Å². The number of hydrogen-bond acceptors (Lipinski definition) is 3. The number of halogens is 1. The molecule has 0 saturated heterocycles. The lowest BCUT2D eigenvalue weighted by molar-refractivity contribution is 0.0535. The van der Waals surface area contributed by atoms with Gasteiger partial charge < -0.3 is 10.5 Å². The number of rotatable bonds is 0. The standard InChI is InChI=1S/C8H6BrNO2/c9-6-1-4-3-12-8(11)5(4)2-7(6)10/h1-2H,3,10H2. The molecule has 0 aromatic heterocycles. The van der Waals surface area contributed by atoms with Gasteiger partial charge in [0, 0.05) is 15.7 Å². The van der Waals surface area contributed by atoms with Crippen LogP contribution in [0.2, 0.25) is 0 Å². The molecule has 0 bridgehead atoms. The van der Waals surface area contributed by atoms with Crippen molar-refractivity contribution in [1.29, 1.82) is 0 Å². The maximum atomic E-state index is 11.0. The van der Waals surface area contributed by atoms with Gasteiger partial charge in [-0.05, 0) is 28.1 Å². The van der Waals surface area contributed by atoms with Crippen molar-refractivity contribution in [3.8, 4) is 0 Å². The molecule has 1 heterocycles. The fraction of sp³-hybridized carbons (Fsp3) is 0.125. The van der Waals surface area contributed by atoms with Crippen LogP contribution in [0, 0.1) is 0 Å². The molecule has 0 radical (unpaired) electrons. The van der Waals surface area contributed by atoms with Gasteiger partial charge >= 0.3 is 5.97 Å². The quantitative estimate of drug-likeness (QED) is 0.543. The number of carbonyl (C=O) groups is 1. The molecular weight excluding hydrogens is 222 g/mol. The maximum Gasteiger partial charge on any atom is 0.338 e. The summed E-state index contributed by atoms with van der Waals surface area (Å²) >= 11 is 3.28. The number of anilines is 1. The predicted molar refractivity (Wildman–Crippen MR) is 47.7 cm³/mol. The number of benzene rings is 1. The van der Waals surface area contributed by atoms with Crippen molar-refractivity contribution in [2.24, 2.45) is 0 Å². The molecule has 1 aliphatic rings. The minimum Gasteiger partial charge on any atom is -0.457 e. The molecule has 12 heavy (non-hydrogen) atoms. The molecule has 2 rings (SSSR count). The third-order valence-electron chi connectivity index (χ3n) is 1.80. The Kier molecular flexibility index (Phi) is 1.58. The molecule has 4 heteroatoms. The largest absolute Gasteiger partial charge is 0.457 e. The Morgan fingerprint density at radius 2 is 2.25 bits per heavy atom. The highest BCUT2D eigenvalue weighted by molar-refractivity contribution is 9.10. The van der Waals surface area contributed by atoms with Crippen molar-refractivity contribution >= 4 is 27.6 Å². The predicted octanol–water partition coefficient (Wildman–Crippen LogP) is 1.70. The second-order valence-corrected chi connectivity index (χ2v) is 3.46. The summed E-state index contributed by atoms with van der Waals surface area (Å²) in [6, 6.07) is 3.45. The molecule has 62 valence electrons. The number of esters is 1. The van der Waals surface area contributed by atoms with E-state index in [1.807, 2.05) is 6.07 Å². The van der Waals surface area contributed by atoms with Gasteiger partial charge in [0.1, 0.15) is 6.61 Å². The van der Waals surface area contributed by atoms with Crippen molar-refractivity contribution in [3.63, 3.8) is 0 Å². The van der Waals surface area contributed by atoms with E-state index >= 15 is 0 Å². The summed E-state index contributed by atoms with van der Waals surface area (Å²) in [6.07, 6.45) is 0. The zero-order chi connectivity index (χ0) is 8.72. The molecule has 0 aliphatic carbocycles. The number of hydrogen-bond donors (Lipinski definition) is 1. The van der Waals surface area contributed by atoms with Crippen molar-refractivity contribution in [2.45, 2.75) is 6.61 Å². The van der Waals surface area contributed by atoms with Gasteiger partial charge in [-0.1, -0.05) is 0 Å². The van der Waals surface area contributed by atoms with E-state index in [0.717, 1.165) is 10.0 Å². The number of cyclic esters (lactones) is 1. The highest BCUT2D eigenvalue weighted by atomic mass is 79.9. The van der Waals surface area contributed by atoms with Gasteiger partial charge in [-0.3, -0.25) is 0 Å². The fourth-order valence-corrected chi connectivity index (χ4v) is 1.55. The molecular formula is C8H6BrNO2. The Labute approximate surface area is 77.6 Å². The fourth-order valence-electron chi connectivity index (χ4n) is 1.16. The minimum atomic E-state index is -0.288. The van der Waals surface area contributed by atoms with Crippen LogP contribution < -0.4 is 5.73 Å². The monoisotopic (exact) mass is 227 g/mol. The van der Waals surface area contributed by atoms with Gasteiger partial charge in [-0.2, -0.15) is 0 Å². The third kappa shape index (κ3) is 0.992. The molecule has 1 aliphatic heterocycles. The highest BCUT2D eigenvalue weighted by Gasteiger charge is 2.21. The Morgan fingerprint density at radius 3 is 3.00 bits per heavy atom. The maximum absolute atomic E-state index is 11.0. The van der Waals surface area contributed by atoms with E-state index in [0.29, 0.717) is 17.9 Å². The summed E-state index contributed by atoms with van der Waals surface area (Å²) in [6.45, 7) is 0.354. The summed E-state index contributed by atoms with van der Waals surface area (Å²) < 4.78 is 5.62. The lowest BCUT2D eigenvalue weighted by atomic mass is 10.1. The van der Waals surface area contributed by atoms with Crippen molar-refractivity contribution in [3.05, 3.63) is 27.7 Å². The smallest absolute Gasteiger partial charge is 0.338 e. The van der Waals surface area contributed by atoms with Crippen LogP contribution in [-0.2, 0) is 11.3 Å². The molecule has 0 saturated carbocycles. The molecule has 0 spiro atoms. The van der Waals surface area contributed by atoms with Crippen LogP contribution >= 0.6 is 15.9 Å². The van der Waals surface area contributed by atoms with Crippen molar-refractivity contribution < 1.29 is 9.53 Å². The van der Waals surface area contributed by atoms with E-state index in [1.165, 1.54) is 0 Å². The van der Waals surface area contributed by atoms with E-state index in [4.69, 9.17) is 10.5 Å². The average molecular weight is 228 g/mol. The highest BCUT2D eigenvalue weighted by Crippen LogP contribution is 2.28. The topological polar surface area (TPSA) is 52.3 Å². The molecule has 0 unspecified atom stereocenters. The van der Waals surface area contributed by atoms with E-state index in [9.17, 15) is 4.79 Å². The number of carbonyl (C=O) groups excluding carboxylic acids is 1. The summed E-state index contributed by atoms with van der Waals surface area (Å²) in [7, 11) is 0. The zero-order valence-corrected chi connectivity index (χ0v) is 7.72. The summed E-state index contributed by atoms with van der Waals surface area (Å²) in [5.41, 5.74) is 7.63. The Balaban J connectivity index is 2.63. The van der Waals surface area contributed by atoms with E-state index in [2.05, 4.69) is 15.9 Å². The molecule has 1 aromatic rings. The van der Waals surface area contributed by atoms with Gasteiger partial charge in [-0.25, -0.2) is 4.79 Å². The zero-order valence-electron chi connectivity index (χ0n) is 6.13. The minimum absolute atomic E-state index is 0.288.